The zero-order valence-corrected chi connectivity index (χ0v) is 16.4. The highest BCUT2D eigenvalue weighted by atomic mass is 35.5. The first-order chi connectivity index (χ1) is 13.5. The number of nitrogens with one attached hydrogen (secondary N) is 2. The normalized spacial score (nSPS) is 10.3. The Morgan fingerprint density at radius 1 is 1.00 bits per heavy atom. The highest BCUT2D eigenvalue weighted by molar-refractivity contribution is 6.30. The summed E-state index contributed by atoms with van der Waals surface area (Å²) in [7, 11) is 3.08. The average molecular weight is 399 g/mol. The summed E-state index contributed by atoms with van der Waals surface area (Å²) in [4.78, 5) is 21.3. The van der Waals surface area contributed by atoms with E-state index in [2.05, 4.69) is 20.6 Å². The maximum absolute atomic E-state index is 12.7. The lowest BCUT2D eigenvalue weighted by atomic mass is 10.2. The van der Waals surface area contributed by atoms with E-state index in [1.807, 2.05) is 0 Å². The number of hydrogen-bond acceptors (Lipinski definition) is 6. The second-order valence-corrected chi connectivity index (χ2v) is 6.31. The molecule has 0 saturated heterocycles. The zero-order valence-electron chi connectivity index (χ0n) is 15.6. The Morgan fingerprint density at radius 2 is 1.75 bits per heavy atom. The van der Waals surface area contributed by atoms with Crippen LogP contribution in [0.4, 0.5) is 17.3 Å². The van der Waals surface area contributed by atoms with Gasteiger partial charge in [-0.15, -0.1) is 0 Å². The van der Waals surface area contributed by atoms with E-state index < -0.39 is 0 Å². The number of ether oxygens (including phenoxy) is 2. The van der Waals surface area contributed by atoms with E-state index in [9.17, 15) is 4.79 Å². The maximum atomic E-state index is 12.7. The van der Waals surface area contributed by atoms with Gasteiger partial charge < -0.3 is 20.1 Å². The molecule has 0 bridgehead atoms. The van der Waals surface area contributed by atoms with Gasteiger partial charge in [0.05, 0.1) is 19.9 Å². The van der Waals surface area contributed by atoms with Gasteiger partial charge in [-0.2, -0.15) is 0 Å². The van der Waals surface area contributed by atoms with Gasteiger partial charge in [0.15, 0.2) is 0 Å². The van der Waals surface area contributed by atoms with Gasteiger partial charge in [0, 0.05) is 22.5 Å². The van der Waals surface area contributed by atoms with Gasteiger partial charge >= 0.3 is 0 Å². The van der Waals surface area contributed by atoms with Gasteiger partial charge in [0.2, 0.25) is 5.95 Å². The van der Waals surface area contributed by atoms with Crippen molar-refractivity contribution < 1.29 is 14.3 Å². The van der Waals surface area contributed by atoms with Gasteiger partial charge in [0.25, 0.3) is 5.91 Å². The Bertz CT molecular complexity index is 993. The molecule has 0 aliphatic rings. The summed E-state index contributed by atoms with van der Waals surface area (Å²) in [5, 5.41) is 6.50. The number of aryl methyl sites for hydroxylation is 1. The minimum absolute atomic E-state index is 0.224. The molecule has 0 aliphatic heterocycles. The maximum Gasteiger partial charge on any atom is 0.274 e. The van der Waals surface area contributed by atoms with Crippen molar-refractivity contribution in [2.45, 2.75) is 6.92 Å². The summed E-state index contributed by atoms with van der Waals surface area (Å²) >= 11 is 5.90. The van der Waals surface area contributed by atoms with Crippen LogP contribution < -0.4 is 20.1 Å². The molecule has 0 atom stereocenters. The first-order valence-corrected chi connectivity index (χ1v) is 8.78. The molecule has 28 heavy (non-hydrogen) atoms. The largest absolute Gasteiger partial charge is 0.497 e. The molecule has 0 spiro atoms. The van der Waals surface area contributed by atoms with Crippen LogP contribution in [0.1, 0.15) is 16.2 Å². The van der Waals surface area contributed by atoms with Gasteiger partial charge in [0.1, 0.15) is 17.2 Å². The van der Waals surface area contributed by atoms with Gasteiger partial charge in [-0.3, -0.25) is 4.79 Å². The highest BCUT2D eigenvalue weighted by Gasteiger charge is 2.14. The van der Waals surface area contributed by atoms with Crippen LogP contribution >= 0.6 is 11.6 Å². The predicted molar refractivity (Wildman–Crippen MR) is 109 cm³/mol. The number of rotatable bonds is 6. The highest BCUT2D eigenvalue weighted by Crippen LogP contribution is 2.29. The molecule has 3 rings (SSSR count). The number of halogens is 1. The van der Waals surface area contributed by atoms with Crippen LogP contribution in [0.25, 0.3) is 0 Å². The summed E-state index contributed by atoms with van der Waals surface area (Å²) in [5.41, 5.74) is 2.15. The van der Waals surface area contributed by atoms with Gasteiger partial charge in [-0.05, 0) is 49.4 Å². The van der Waals surface area contributed by atoms with Crippen LogP contribution in [0, 0.1) is 6.92 Å². The lowest BCUT2D eigenvalue weighted by Gasteiger charge is -2.12. The molecule has 8 heteroatoms. The van der Waals surface area contributed by atoms with Crippen molar-refractivity contribution in [3.63, 3.8) is 0 Å². The van der Waals surface area contributed by atoms with E-state index in [1.165, 1.54) is 7.11 Å². The Kier molecular flexibility index (Phi) is 5.96. The number of methoxy groups -OCH3 is 2. The van der Waals surface area contributed by atoms with E-state index in [0.29, 0.717) is 33.9 Å². The standard InChI is InChI=1S/C20H19ClN4O3/c1-12-10-17(25-20(22-12)23-14-6-4-13(21)5-7-14)19(26)24-16-9-8-15(27-2)11-18(16)28-3/h4-11H,1-3H3,(H,24,26)(H,22,23,25). The SMILES string of the molecule is COc1ccc(NC(=O)c2cc(C)nc(Nc3ccc(Cl)cc3)n2)c(OC)c1. The summed E-state index contributed by atoms with van der Waals surface area (Å²) in [6, 6.07) is 13.8. The van der Waals surface area contributed by atoms with Crippen molar-refractivity contribution >= 4 is 34.8 Å². The van der Waals surface area contributed by atoms with E-state index in [0.717, 1.165) is 5.69 Å². The molecule has 2 N–H and O–H groups in total. The average Bonchev–Trinajstić information content (AvgIpc) is 2.69. The molecule has 0 saturated carbocycles. The quantitative estimate of drug-likeness (QED) is 0.638. The summed E-state index contributed by atoms with van der Waals surface area (Å²) in [6.07, 6.45) is 0. The molecular formula is C20H19ClN4O3. The number of nitrogens with zero attached hydrogens (tertiary/aromatic N) is 2. The van der Waals surface area contributed by atoms with Crippen molar-refractivity contribution in [3.05, 3.63) is 64.9 Å². The van der Waals surface area contributed by atoms with Crippen molar-refractivity contribution in [2.75, 3.05) is 24.9 Å². The van der Waals surface area contributed by atoms with Crippen molar-refractivity contribution in [1.29, 1.82) is 0 Å². The van der Waals surface area contributed by atoms with E-state index in [1.54, 1.807) is 62.6 Å². The number of benzene rings is 2. The van der Waals surface area contributed by atoms with Crippen LogP contribution in [-0.2, 0) is 0 Å². The van der Waals surface area contributed by atoms with Crippen LogP contribution in [0.15, 0.2) is 48.5 Å². The molecule has 1 aromatic heterocycles. The van der Waals surface area contributed by atoms with E-state index in [4.69, 9.17) is 21.1 Å². The second kappa shape index (κ2) is 8.58. The lowest BCUT2D eigenvalue weighted by Crippen LogP contribution is -2.16. The first kappa shape index (κ1) is 19.4. The third kappa shape index (κ3) is 4.69. The number of aromatic nitrogens is 2. The van der Waals surface area contributed by atoms with Crippen LogP contribution in [0.2, 0.25) is 5.02 Å². The monoisotopic (exact) mass is 398 g/mol. The third-order valence-electron chi connectivity index (χ3n) is 3.84. The molecule has 3 aromatic rings. The Hall–Kier alpha value is -3.32. The number of amides is 1. The summed E-state index contributed by atoms with van der Waals surface area (Å²) in [6.45, 7) is 1.79. The predicted octanol–water partition coefficient (Wildman–Crippen LogP) is 4.45. The van der Waals surface area contributed by atoms with E-state index >= 15 is 0 Å². The van der Waals surface area contributed by atoms with Crippen LogP contribution in [-0.4, -0.2) is 30.1 Å². The van der Waals surface area contributed by atoms with Crippen molar-refractivity contribution in [2.24, 2.45) is 0 Å². The minimum Gasteiger partial charge on any atom is -0.497 e. The zero-order chi connectivity index (χ0) is 20.1. The number of carbonyl (C=O) groups excluding carboxylic acids is 1. The molecule has 0 fully saturated rings. The molecule has 2 aromatic carbocycles. The van der Waals surface area contributed by atoms with Crippen LogP contribution in [0.5, 0.6) is 11.5 Å². The summed E-state index contributed by atoms with van der Waals surface area (Å²) in [5.74, 6) is 1.04. The molecule has 1 heterocycles. The number of anilines is 3. The number of carbonyl (C=O) groups is 1. The smallest absolute Gasteiger partial charge is 0.274 e. The number of hydrogen-bond donors (Lipinski definition) is 2. The van der Waals surface area contributed by atoms with Crippen molar-refractivity contribution in [3.8, 4) is 11.5 Å². The fourth-order valence-electron chi connectivity index (χ4n) is 2.49. The van der Waals surface area contributed by atoms with Gasteiger partial charge in [-0.25, -0.2) is 9.97 Å². The molecule has 0 aliphatic carbocycles. The van der Waals surface area contributed by atoms with Crippen LogP contribution in [0.3, 0.4) is 0 Å². The first-order valence-electron chi connectivity index (χ1n) is 8.40. The molecule has 0 unspecified atom stereocenters. The molecular weight excluding hydrogens is 380 g/mol. The topological polar surface area (TPSA) is 85.4 Å². The Labute approximate surface area is 167 Å². The lowest BCUT2D eigenvalue weighted by molar-refractivity contribution is 0.102. The fourth-order valence-corrected chi connectivity index (χ4v) is 2.62. The molecule has 144 valence electrons. The van der Waals surface area contributed by atoms with E-state index in [-0.39, 0.29) is 11.6 Å². The Morgan fingerprint density at radius 3 is 2.43 bits per heavy atom. The minimum atomic E-state index is -0.381. The Balaban J connectivity index is 1.82. The van der Waals surface area contributed by atoms with Crippen molar-refractivity contribution in [1.82, 2.24) is 9.97 Å². The molecule has 1 amide bonds. The fraction of sp³-hybridized carbons (Fsp3) is 0.150. The van der Waals surface area contributed by atoms with Gasteiger partial charge in [-0.1, -0.05) is 11.6 Å². The second-order valence-electron chi connectivity index (χ2n) is 5.87. The molecule has 0 radical (unpaired) electrons. The summed E-state index contributed by atoms with van der Waals surface area (Å²) < 4.78 is 10.5. The third-order valence-corrected chi connectivity index (χ3v) is 4.10. The molecule has 7 nitrogen and oxygen atoms in total.